The predicted octanol–water partition coefficient (Wildman–Crippen LogP) is 5.12. The number of halogens is 1. The van der Waals surface area contributed by atoms with Gasteiger partial charge in [0, 0.05) is 17.0 Å². The minimum absolute atomic E-state index is 0.737. The van der Waals surface area contributed by atoms with Crippen molar-refractivity contribution < 1.29 is 0 Å². The van der Waals surface area contributed by atoms with Crippen LogP contribution in [0.5, 0.6) is 0 Å². The average molecular weight is 297 g/mol. The smallest absolute Gasteiger partial charge is 0.127 e. The Labute approximate surface area is 129 Å². The van der Waals surface area contributed by atoms with Gasteiger partial charge in [0.2, 0.25) is 0 Å². The van der Waals surface area contributed by atoms with Gasteiger partial charge in [0.05, 0.1) is 5.52 Å². The quantitative estimate of drug-likeness (QED) is 0.726. The minimum Gasteiger partial charge on any atom is -0.366 e. The number of pyridine rings is 1. The van der Waals surface area contributed by atoms with Gasteiger partial charge in [-0.2, -0.15) is 0 Å². The first kappa shape index (κ1) is 13.9. The van der Waals surface area contributed by atoms with Gasteiger partial charge in [-0.3, -0.25) is 0 Å². The van der Waals surface area contributed by atoms with Crippen molar-refractivity contribution in [3.8, 4) is 0 Å². The van der Waals surface area contributed by atoms with Crippen LogP contribution in [0.15, 0.2) is 48.5 Å². The number of hydrogen-bond acceptors (Lipinski definition) is 2. The standard InChI is InChI=1S/C18H17ClN2/c1-12-3-8-16-13(2)10-18(21-17(16)9-12)20-11-14-4-6-15(19)7-5-14/h3-10H,11H2,1-2H3,(H,20,21). The van der Waals surface area contributed by atoms with Gasteiger partial charge in [-0.1, -0.05) is 35.9 Å². The first-order valence-corrected chi connectivity index (χ1v) is 7.36. The van der Waals surface area contributed by atoms with Gasteiger partial charge in [-0.25, -0.2) is 4.98 Å². The highest BCUT2D eigenvalue weighted by atomic mass is 35.5. The first-order valence-electron chi connectivity index (χ1n) is 6.98. The SMILES string of the molecule is Cc1ccc2c(C)cc(NCc3ccc(Cl)cc3)nc2c1. The molecule has 1 N–H and O–H groups in total. The fraction of sp³-hybridized carbons (Fsp3) is 0.167. The molecule has 0 amide bonds. The lowest BCUT2D eigenvalue weighted by atomic mass is 10.1. The van der Waals surface area contributed by atoms with Gasteiger partial charge < -0.3 is 5.32 Å². The Morgan fingerprint density at radius 2 is 1.76 bits per heavy atom. The lowest BCUT2D eigenvalue weighted by molar-refractivity contribution is 1.12. The van der Waals surface area contributed by atoms with E-state index in [4.69, 9.17) is 16.6 Å². The highest BCUT2D eigenvalue weighted by Gasteiger charge is 2.03. The normalized spacial score (nSPS) is 10.8. The number of fused-ring (bicyclic) bond motifs is 1. The number of aryl methyl sites for hydroxylation is 2. The number of nitrogens with one attached hydrogen (secondary N) is 1. The van der Waals surface area contributed by atoms with Gasteiger partial charge in [0.15, 0.2) is 0 Å². The van der Waals surface area contributed by atoms with E-state index in [1.807, 2.05) is 24.3 Å². The molecule has 1 heterocycles. The zero-order valence-electron chi connectivity index (χ0n) is 12.2. The number of anilines is 1. The van der Waals surface area contributed by atoms with Crippen LogP contribution in [-0.2, 0) is 6.54 Å². The summed E-state index contributed by atoms with van der Waals surface area (Å²) in [5.74, 6) is 0.903. The Morgan fingerprint density at radius 3 is 2.52 bits per heavy atom. The average Bonchev–Trinajstić information content (AvgIpc) is 2.46. The van der Waals surface area contributed by atoms with E-state index in [2.05, 4.69) is 43.4 Å². The molecule has 0 radical (unpaired) electrons. The molecule has 2 nitrogen and oxygen atoms in total. The summed E-state index contributed by atoms with van der Waals surface area (Å²) in [5.41, 5.74) is 4.68. The van der Waals surface area contributed by atoms with E-state index in [0.29, 0.717) is 0 Å². The van der Waals surface area contributed by atoms with E-state index < -0.39 is 0 Å². The second-order valence-electron chi connectivity index (χ2n) is 5.33. The summed E-state index contributed by atoms with van der Waals surface area (Å²) >= 11 is 5.90. The molecular weight excluding hydrogens is 280 g/mol. The molecule has 106 valence electrons. The summed E-state index contributed by atoms with van der Waals surface area (Å²) in [6.45, 7) is 4.94. The minimum atomic E-state index is 0.737. The molecule has 0 aliphatic rings. The number of nitrogens with zero attached hydrogens (tertiary/aromatic N) is 1. The maximum Gasteiger partial charge on any atom is 0.127 e. The molecule has 3 aromatic rings. The van der Waals surface area contributed by atoms with Crippen LogP contribution in [0.25, 0.3) is 10.9 Å². The molecule has 0 bridgehead atoms. The lowest BCUT2D eigenvalue weighted by Crippen LogP contribution is -2.02. The predicted molar refractivity (Wildman–Crippen MR) is 90.0 cm³/mol. The summed E-state index contributed by atoms with van der Waals surface area (Å²) in [4.78, 5) is 4.69. The number of aromatic nitrogens is 1. The van der Waals surface area contributed by atoms with E-state index in [1.165, 1.54) is 22.1 Å². The highest BCUT2D eigenvalue weighted by molar-refractivity contribution is 6.30. The van der Waals surface area contributed by atoms with Gasteiger partial charge in [0.1, 0.15) is 5.82 Å². The Morgan fingerprint density at radius 1 is 1.00 bits per heavy atom. The molecule has 0 saturated heterocycles. The van der Waals surface area contributed by atoms with Crippen LogP contribution in [0.2, 0.25) is 5.02 Å². The van der Waals surface area contributed by atoms with Crippen LogP contribution >= 0.6 is 11.6 Å². The highest BCUT2D eigenvalue weighted by Crippen LogP contribution is 2.21. The Kier molecular flexibility index (Phi) is 3.80. The lowest BCUT2D eigenvalue weighted by Gasteiger charge is -2.10. The van der Waals surface area contributed by atoms with Crippen LogP contribution in [0.1, 0.15) is 16.7 Å². The third kappa shape index (κ3) is 3.17. The maximum absolute atomic E-state index is 5.90. The molecule has 0 unspecified atom stereocenters. The molecular formula is C18H17ClN2. The Bertz CT molecular complexity index is 779. The van der Waals surface area contributed by atoms with Crippen LogP contribution in [-0.4, -0.2) is 4.98 Å². The van der Waals surface area contributed by atoms with Crippen molar-refractivity contribution in [2.24, 2.45) is 0 Å². The number of hydrogen-bond donors (Lipinski definition) is 1. The molecule has 0 saturated carbocycles. The van der Waals surface area contributed by atoms with Gasteiger partial charge in [-0.05, 0) is 54.8 Å². The number of benzene rings is 2. The molecule has 3 heteroatoms. The maximum atomic E-state index is 5.90. The Hall–Kier alpha value is -2.06. The van der Waals surface area contributed by atoms with Crippen LogP contribution in [0.3, 0.4) is 0 Å². The fourth-order valence-corrected chi connectivity index (χ4v) is 2.52. The molecule has 0 fully saturated rings. The third-order valence-electron chi connectivity index (χ3n) is 3.56. The molecule has 0 aliphatic heterocycles. The van der Waals surface area contributed by atoms with E-state index in [1.54, 1.807) is 0 Å². The molecule has 0 atom stereocenters. The second kappa shape index (κ2) is 5.74. The van der Waals surface area contributed by atoms with E-state index in [0.717, 1.165) is 22.9 Å². The molecule has 0 spiro atoms. The van der Waals surface area contributed by atoms with Crippen molar-refractivity contribution in [1.82, 2.24) is 4.98 Å². The Balaban J connectivity index is 1.85. The topological polar surface area (TPSA) is 24.9 Å². The fourth-order valence-electron chi connectivity index (χ4n) is 2.40. The van der Waals surface area contributed by atoms with Gasteiger partial charge in [-0.15, -0.1) is 0 Å². The largest absolute Gasteiger partial charge is 0.366 e. The van der Waals surface area contributed by atoms with Crippen molar-refractivity contribution >= 4 is 28.3 Å². The van der Waals surface area contributed by atoms with Crippen LogP contribution in [0, 0.1) is 13.8 Å². The zero-order chi connectivity index (χ0) is 14.8. The van der Waals surface area contributed by atoms with Crippen molar-refractivity contribution in [2.75, 3.05) is 5.32 Å². The summed E-state index contributed by atoms with van der Waals surface area (Å²) in [5, 5.41) is 5.34. The molecule has 21 heavy (non-hydrogen) atoms. The zero-order valence-corrected chi connectivity index (χ0v) is 12.9. The van der Waals surface area contributed by atoms with E-state index in [9.17, 15) is 0 Å². The molecule has 0 aliphatic carbocycles. The van der Waals surface area contributed by atoms with Crippen molar-refractivity contribution in [3.05, 3.63) is 70.2 Å². The summed E-state index contributed by atoms with van der Waals surface area (Å²) in [6, 6.07) is 16.3. The molecule has 3 rings (SSSR count). The van der Waals surface area contributed by atoms with Crippen LogP contribution in [0.4, 0.5) is 5.82 Å². The van der Waals surface area contributed by atoms with Crippen molar-refractivity contribution in [3.63, 3.8) is 0 Å². The van der Waals surface area contributed by atoms with Gasteiger partial charge >= 0.3 is 0 Å². The summed E-state index contributed by atoms with van der Waals surface area (Å²) < 4.78 is 0. The second-order valence-corrected chi connectivity index (χ2v) is 5.76. The number of rotatable bonds is 3. The van der Waals surface area contributed by atoms with Crippen molar-refractivity contribution in [1.29, 1.82) is 0 Å². The first-order chi connectivity index (χ1) is 10.1. The molecule has 2 aromatic carbocycles. The summed E-state index contributed by atoms with van der Waals surface area (Å²) in [6.07, 6.45) is 0. The third-order valence-corrected chi connectivity index (χ3v) is 3.81. The summed E-state index contributed by atoms with van der Waals surface area (Å²) in [7, 11) is 0. The van der Waals surface area contributed by atoms with Crippen LogP contribution < -0.4 is 5.32 Å². The van der Waals surface area contributed by atoms with E-state index in [-0.39, 0.29) is 0 Å². The monoisotopic (exact) mass is 296 g/mol. The van der Waals surface area contributed by atoms with E-state index >= 15 is 0 Å². The van der Waals surface area contributed by atoms with Crippen molar-refractivity contribution in [2.45, 2.75) is 20.4 Å². The molecule has 1 aromatic heterocycles. The van der Waals surface area contributed by atoms with Gasteiger partial charge in [0.25, 0.3) is 0 Å².